The number of piperazine rings is 2. The molecule has 8 nitrogen and oxygen atoms in total. The van der Waals surface area contributed by atoms with Crippen LogP contribution in [0.2, 0.25) is 0 Å². The maximum Gasteiger partial charge on any atom is 0.257 e. The number of carbonyl (C=O) groups is 1. The van der Waals surface area contributed by atoms with E-state index in [2.05, 4.69) is 31.7 Å². The molecule has 154 valence electrons. The molecule has 0 atom stereocenters. The number of anilines is 2. The van der Waals surface area contributed by atoms with E-state index in [1.807, 2.05) is 13.0 Å². The number of halogens is 1. The first-order chi connectivity index (χ1) is 14.0. The highest BCUT2D eigenvalue weighted by molar-refractivity contribution is 5.94. The molecule has 0 aromatic carbocycles. The van der Waals surface area contributed by atoms with E-state index in [1.54, 1.807) is 4.90 Å². The molecule has 2 fully saturated rings. The molecule has 29 heavy (non-hydrogen) atoms. The molecule has 0 radical (unpaired) electrons. The van der Waals surface area contributed by atoms with Crippen LogP contribution in [0.25, 0.3) is 0 Å². The SMILES string of the molecule is Cc1cc(N2CCN(C)CC2)nc(N2CCN(C(=O)c3ccncc3F)CC2)n1. The minimum Gasteiger partial charge on any atom is -0.354 e. The molecule has 0 spiro atoms. The van der Waals surface area contributed by atoms with Gasteiger partial charge >= 0.3 is 0 Å². The summed E-state index contributed by atoms with van der Waals surface area (Å²) in [6, 6.07) is 3.46. The van der Waals surface area contributed by atoms with E-state index >= 15 is 0 Å². The van der Waals surface area contributed by atoms with E-state index in [-0.39, 0.29) is 11.5 Å². The Kier molecular flexibility index (Phi) is 5.57. The second-order valence-electron chi connectivity index (χ2n) is 7.59. The summed E-state index contributed by atoms with van der Waals surface area (Å²) in [6.07, 6.45) is 2.51. The van der Waals surface area contributed by atoms with Gasteiger partial charge in [-0.3, -0.25) is 9.78 Å². The zero-order valence-corrected chi connectivity index (χ0v) is 16.9. The number of carbonyl (C=O) groups excluding carboxylic acids is 1. The summed E-state index contributed by atoms with van der Waals surface area (Å²) < 4.78 is 13.9. The highest BCUT2D eigenvalue weighted by Crippen LogP contribution is 2.20. The molecule has 0 aliphatic carbocycles. The summed E-state index contributed by atoms with van der Waals surface area (Å²) in [7, 11) is 2.13. The molecular weight excluding hydrogens is 373 g/mol. The zero-order valence-electron chi connectivity index (χ0n) is 16.9. The Morgan fingerprint density at radius 1 is 1.00 bits per heavy atom. The number of likely N-dealkylation sites (N-methyl/N-ethyl adjacent to an activating group) is 1. The lowest BCUT2D eigenvalue weighted by molar-refractivity contribution is 0.0741. The van der Waals surface area contributed by atoms with Crippen molar-refractivity contribution in [1.29, 1.82) is 0 Å². The Morgan fingerprint density at radius 2 is 1.69 bits per heavy atom. The van der Waals surface area contributed by atoms with E-state index in [1.165, 1.54) is 12.3 Å². The molecule has 0 unspecified atom stereocenters. The van der Waals surface area contributed by atoms with Crippen molar-refractivity contribution in [2.75, 3.05) is 69.2 Å². The summed E-state index contributed by atoms with van der Waals surface area (Å²) in [5.74, 6) is 0.769. The van der Waals surface area contributed by atoms with Gasteiger partial charge in [0.25, 0.3) is 5.91 Å². The monoisotopic (exact) mass is 399 g/mol. The van der Waals surface area contributed by atoms with E-state index in [4.69, 9.17) is 4.98 Å². The third kappa shape index (κ3) is 4.29. The van der Waals surface area contributed by atoms with Gasteiger partial charge in [-0.2, -0.15) is 4.98 Å². The second-order valence-corrected chi connectivity index (χ2v) is 7.59. The van der Waals surface area contributed by atoms with Gasteiger partial charge < -0.3 is 19.6 Å². The number of aromatic nitrogens is 3. The summed E-state index contributed by atoms with van der Waals surface area (Å²) >= 11 is 0. The molecule has 0 bridgehead atoms. The highest BCUT2D eigenvalue weighted by Gasteiger charge is 2.26. The Hall–Kier alpha value is -2.81. The predicted octanol–water partition coefficient (Wildman–Crippen LogP) is 1.03. The normalized spacial score (nSPS) is 18.2. The average molecular weight is 399 g/mol. The third-order valence-corrected chi connectivity index (χ3v) is 5.51. The van der Waals surface area contributed by atoms with Crippen LogP contribution < -0.4 is 9.80 Å². The largest absolute Gasteiger partial charge is 0.354 e. The highest BCUT2D eigenvalue weighted by atomic mass is 19.1. The number of rotatable bonds is 3. The van der Waals surface area contributed by atoms with Crippen LogP contribution in [0.4, 0.5) is 16.2 Å². The fourth-order valence-corrected chi connectivity index (χ4v) is 3.70. The van der Waals surface area contributed by atoms with Gasteiger partial charge in [-0.05, 0) is 20.0 Å². The van der Waals surface area contributed by atoms with Gasteiger partial charge in [0.05, 0.1) is 11.8 Å². The van der Waals surface area contributed by atoms with Gasteiger partial charge in [-0.1, -0.05) is 0 Å². The van der Waals surface area contributed by atoms with Crippen LogP contribution in [0.3, 0.4) is 0 Å². The molecule has 0 N–H and O–H groups in total. The van der Waals surface area contributed by atoms with Crippen molar-refractivity contribution in [3.8, 4) is 0 Å². The fourth-order valence-electron chi connectivity index (χ4n) is 3.70. The van der Waals surface area contributed by atoms with Gasteiger partial charge in [0.1, 0.15) is 5.82 Å². The molecule has 4 rings (SSSR count). The van der Waals surface area contributed by atoms with Crippen LogP contribution in [0.15, 0.2) is 24.5 Å². The Balaban J connectivity index is 1.43. The fraction of sp³-hybridized carbons (Fsp3) is 0.500. The lowest BCUT2D eigenvalue weighted by Gasteiger charge is -2.36. The van der Waals surface area contributed by atoms with E-state index < -0.39 is 5.82 Å². The van der Waals surface area contributed by atoms with Gasteiger partial charge in [0.15, 0.2) is 5.82 Å². The van der Waals surface area contributed by atoms with Crippen molar-refractivity contribution in [2.24, 2.45) is 0 Å². The quantitative estimate of drug-likeness (QED) is 0.764. The van der Waals surface area contributed by atoms with Gasteiger partial charge in [0, 0.05) is 70.3 Å². The van der Waals surface area contributed by atoms with Crippen molar-refractivity contribution >= 4 is 17.7 Å². The van der Waals surface area contributed by atoms with E-state index in [0.717, 1.165) is 43.9 Å². The van der Waals surface area contributed by atoms with Crippen molar-refractivity contribution in [2.45, 2.75) is 6.92 Å². The molecule has 2 saturated heterocycles. The van der Waals surface area contributed by atoms with E-state index in [0.29, 0.717) is 32.1 Å². The van der Waals surface area contributed by atoms with Crippen LogP contribution in [-0.4, -0.2) is 90.1 Å². The lowest BCUT2D eigenvalue weighted by atomic mass is 10.2. The number of hydrogen-bond acceptors (Lipinski definition) is 7. The molecular formula is C20H26FN7O. The Bertz CT molecular complexity index is 877. The van der Waals surface area contributed by atoms with Crippen LogP contribution in [-0.2, 0) is 0 Å². The van der Waals surface area contributed by atoms with Crippen LogP contribution >= 0.6 is 0 Å². The van der Waals surface area contributed by atoms with Crippen molar-refractivity contribution in [1.82, 2.24) is 24.8 Å². The summed E-state index contributed by atoms with van der Waals surface area (Å²) in [4.78, 5) is 34.1. The predicted molar refractivity (Wildman–Crippen MR) is 109 cm³/mol. The minimum atomic E-state index is -0.584. The molecule has 4 heterocycles. The maximum absolute atomic E-state index is 13.9. The molecule has 2 aromatic rings. The third-order valence-electron chi connectivity index (χ3n) is 5.51. The van der Waals surface area contributed by atoms with Crippen LogP contribution in [0.5, 0.6) is 0 Å². The number of nitrogens with zero attached hydrogens (tertiary/aromatic N) is 7. The van der Waals surface area contributed by atoms with E-state index in [9.17, 15) is 9.18 Å². The van der Waals surface area contributed by atoms with Gasteiger partial charge in [-0.15, -0.1) is 0 Å². The van der Waals surface area contributed by atoms with Crippen LogP contribution in [0, 0.1) is 12.7 Å². The Labute approximate surface area is 170 Å². The molecule has 9 heteroatoms. The van der Waals surface area contributed by atoms with Crippen molar-refractivity contribution in [3.63, 3.8) is 0 Å². The summed E-state index contributed by atoms with van der Waals surface area (Å²) in [5, 5.41) is 0. The standard InChI is InChI=1S/C20H26FN7O/c1-15-13-18(26-7-5-25(2)6-8-26)24-20(23-15)28-11-9-27(10-12-28)19(29)16-3-4-22-14-17(16)21/h3-4,13-14H,5-12H2,1-2H3. The first-order valence-corrected chi connectivity index (χ1v) is 9.94. The molecule has 1 amide bonds. The van der Waals surface area contributed by atoms with Crippen molar-refractivity contribution in [3.05, 3.63) is 41.6 Å². The zero-order chi connectivity index (χ0) is 20.4. The number of hydrogen-bond donors (Lipinski definition) is 0. The van der Waals surface area contributed by atoms with Crippen molar-refractivity contribution < 1.29 is 9.18 Å². The molecule has 2 aliphatic heterocycles. The average Bonchev–Trinajstić information content (AvgIpc) is 2.74. The summed E-state index contributed by atoms with van der Waals surface area (Å²) in [6.45, 7) is 8.15. The molecule has 0 saturated carbocycles. The smallest absolute Gasteiger partial charge is 0.257 e. The van der Waals surface area contributed by atoms with Gasteiger partial charge in [-0.25, -0.2) is 9.37 Å². The van der Waals surface area contributed by atoms with Gasteiger partial charge in [0.2, 0.25) is 5.95 Å². The minimum absolute atomic E-state index is 0.0672. The topological polar surface area (TPSA) is 68.7 Å². The van der Waals surface area contributed by atoms with Crippen LogP contribution in [0.1, 0.15) is 16.1 Å². The molecule has 2 aliphatic rings. The second kappa shape index (κ2) is 8.28. The lowest BCUT2D eigenvalue weighted by Crippen LogP contribution is -2.49. The first kappa shape index (κ1) is 19.5. The number of pyridine rings is 1. The molecule has 2 aromatic heterocycles. The summed E-state index contributed by atoms with van der Waals surface area (Å²) in [5.41, 5.74) is 0.999. The Morgan fingerprint density at radius 3 is 2.38 bits per heavy atom. The maximum atomic E-state index is 13.9. The number of aryl methyl sites for hydroxylation is 1. The first-order valence-electron chi connectivity index (χ1n) is 9.94. The number of amides is 1.